The summed E-state index contributed by atoms with van der Waals surface area (Å²) in [5, 5.41) is 9.12. The van der Waals surface area contributed by atoms with E-state index in [0.29, 0.717) is 6.61 Å². The summed E-state index contributed by atoms with van der Waals surface area (Å²) in [5.41, 5.74) is 0.140. The van der Waals surface area contributed by atoms with Gasteiger partial charge >= 0.3 is 0 Å². The Labute approximate surface area is 103 Å². The summed E-state index contributed by atoms with van der Waals surface area (Å²) in [7, 11) is 0. The molecule has 0 bridgehead atoms. The average molecular weight is 228 g/mol. The van der Waals surface area contributed by atoms with E-state index in [4.69, 9.17) is 5.11 Å². The molecule has 0 aromatic heterocycles. The summed E-state index contributed by atoms with van der Waals surface area (Å²) in [6, 6.07) is 0. The molecule has 1 nitrogen and oxygen atoms in total. The molecule has 0 unspecified atom stereocenters. The highest BCUT2D eigenvalue weighted by molar-refractivity contribution is 4.66. The van der Waals surface area contributed by atoms with Crippen molar-refractivity contribution < 1.29 is 5.11 Å². The van der Waals surface area contributed by atoms with Crippen LogP contribution in [0, 0.1) is 5.41 Å². The third kappa shape index (κ3) is 10.5. The Hall–Kier alpha value is -0.0400. The molecule has 0 saturated heterocycles. The van der Waals surface area contributed by atoms with E-state index in [9.17, 15) is 0 Å². The van der Waals surface area contributed by atoms with Crippen molar-refractivity contribution >= 4 is 0 Å². The van der Waals surface area contributed by atoms with Crippen molar-refractivity contribution in [2.24, 2.45) is 5.41 Å². The van der Waals surface area contributed by atoms with Crippen LogP contribution in [0.25, 0.3) is 0 Å². The van der Waals surface area contributed by atoms with Gasteiger partial charge in [-0.25, -0.2) is 0 Å². The largest absolute Gasteiger partial charge is 0.396 e. The number of aliphatic hydroxyl groups is 1. The Kier molecular flexibility index (Phi) is 10.1. The molecule has 0 fully saturated rings. The number of unbranched alkanes of at least 4 members (excludes halogenated alkanes) is 8. The standard InChI is InChI=1S/C15H32O/c1-4-5-6-7-8-9-10-11-12-13-15(2,3)14-16/h16H,4-14H2,1-3H3. The molecule has 16 heavy (non-hydrogen) atoms. The van der Waals surface area contributed by atoms with Crippen LogP contribution in [0.4, 0.5) is 0 Å². The zero-order chi connectivity index (χ0) is 12.3. The summed E-state index contributed by atoms with van der Waals surface area (Å²) in [4.78, 5) is 0. The number of aliphatic hydroxyl groups excluding tert-OH is 1. The van der Waals surface area contributed by atoms with Gasteiger partial charge in [-0.2, -0.15) is 0 Å². The first-order valence-corrected chi connectivity index (χ1v) is 7.23. The van der Waals surface area contributed by atoms with Gasteiger partial charge in [0.05, 0.1) is 0 Å². The van der Waals surface area contributed by atoms with Crippen molar-refractivity contribution in [3.63, 3.8) is 0 Å². The molecule has 98 valence electrons. The molecule has 0 aliphatic carbocycles. The summed E-state index contributed by atoms with van der Waals surface area (Å²) in [5.74, 6) is 0. The zero-order valence-electron chi connectivity index (χ0n) is 11.7. The second kappa shape index (κ2) is 10.1. The van der Waals surface area contributed by atoms with Gasteiger partial charge in [0.15, 0.2) is 0 Å². The van der Waals surface area contributed by atoms with E-state index in [2.05, 4.69) is 20.8 Å². The first-order valence-electron chi connectivity index (χ1n) is 7.23. The fourth-order valence-electron chi connectivity index (χ4n) is 1.99. The van der Waals surface area contributed by atoms with E-state index in [1.54, 1.807) is 0 Å². The second-order valence-corrected chi connectivity index (χ2v) is 5.90. The minimum absolute atomic E-state index is 0.140. The van der Waals surface area contributed by atoms with Gasteiger partial charge < -0.3 is 5.11 Å². The normalized spacial score (nSPS) is 12.0. The molecule has 0 atom stereocenters. The number of rotatable bonds is 11. The van der Waals surface area contributed by atoms with Crippen LogP contribution in [0.3, 0.4) is 0 Å². The van der Waals surface area contributed by atoms with Crippen LogP contribution >= 0.6 is 0 Å². The van der Waals surface area contributed by atoms with Gasteiger partial charge in [-0.15, -0.1) is 0 Å². The lowest BCUT2D eigenvalue weighted by molar-refractivity contribution is 0.147. The van der Waals surface area contributed by atoms with Crippen molar-refractivity contribution in [1.29, 1.82) is 0 Å². The Bertz CT molecular complexity index is 140. The van der Waals surface area contributed by atoms with E-state index >= 15 is 0 Å². The molecular formula is C15H32O. The highest BCUT2D eigenvalue weighted by atomic mass is 16.3. The monoisotopic (exact) mass is 228 g/mol. The van der Waals surface area contributed by atoms with E-state index in [1.807, 2.05) is 0 Å². The quantitative estimate of drug-likeness (QED) is 0.497. The highest BCUT2D eigenvalue weighted by Crippen LogP contribution is 2.23. The van der Waals surface area contributed by atoms with Crippen LogP contribution in [0.5, 0.6) is 0 Å². The third-order valence-electron chi connectivity index (χ3n) is 3.39. The molecule has 0 rings (SSSR count). The van der Waals surface area contributed by atoms with Crippen LogP contribution in [0.15, 0.2) is 0 Å². The van der Waals surface area contributed by atoms with E-state index < -0.39 is 0 Å². The van der Waals surface area contributed by atoms with Crippen LogP contribution in [-0.2, 0) is 0 Å². The van der Waals surface area contributed by atoms with Crippen molar-refractivity contribution in [1.82, 2.24) is 0 Å². The second-order valence-electron chi connectivity index (χ2n) is 5.90. The van der Waals surface area contributed by atoms with Gasteiger partial charge in [-0.1, -0.05) is 78.6 Å². The molecule has 0 saturated carbocycles. The van der Waals surface area contributed by atoms with E-state index in [0.717, 1.165) is 0 Å². The van der Waals surface area contributed by atoms with Crippen LogP contribution in [0.2, 0.25) is 0 Å². The lowest BCUT2D eigenvalue weighted by Gasteiger charge is -2.20. The van der Waals surface area contributed by atoms with Gasteiger partial charge in [0.25, 0.3) is 0 Å². The van der Waals surface area contributed by atoms with Crippen molar-refractivity contribution in [3.8, 4) is 0 Å². The Balaban J connectivity index is 3.10. The van der Waals surface area contributed by atoms with Crippen molar-refractivity contribution in [2.45, 2.75) is 85.0 Å². The van der Waals surface area contributed by atoms with Crippen molar-refractivity contribution in [2.75, 3.05) is 6.61 Å². The fraction of sp³-hybridized carbons (Fsp3) is 1.00. The maximum Gasteiger partial charge on any atom is 0.0482 e. The average Bonchev–Trinajstić information content (AvgIpc) is 2.27. The molecule has 1 heteroatoms. The van der Waals surface area contributed by atoms with Crippen LogP contribution in [-0.4, -0.2) is 11.7 Å². The maximum atomic E-state index is 9.12. The fourth-order valence-corrected chi connectivity index (χ4v) is 1.99. The lowest BCUT2D eigenvalue weighted by atomic mass is 9.88. The number of hydrogen-bond acceptors (Lipinski definition) is 1. The van der Waals surface area contributed by atoms with E-state index in [-0.39, 0.29) is 5.41 Å². The minimum atomic E-state index is 0.140. The maximum absolute atomic E-state index is 9.12. The number of hydrogen-bond donors (Lipinski definition) is 1. The lowest BCUT2D eigenvalue weighted by Crippen LogP contribution is -2.16. The SMILES string of the molecule is CCCCCCCCCCCC(C)(C)CO. The summed E-state index contributed by atoms with van der Waals surface area (Å²) in [6.07, 6.45) is 13.6. The van der Waals surface area contributed by atoms with Gasteiger partial charge in [0, 0.05) is 6.61 Å². The molecule has 0 aromatic rings. The molecule has 0 amide bonds. The Morgan fingerprint density at radius 1 is 0.750 bits per heavy atom. The molecule has 0 radical (unpaired) electrons. The van der Waals surface area contributed by atoms with Gasteiger partial charge in [-0.05, 0) is 11.8 Å². The topological polar surface area (TPSA) is 20.2 Å². The molecule has 0 aliphatic heterocycles. The van der Waals surface area contributed by atoms with Crippen molar-refractivity contribution in [3.05, 3.63) is 0 Å². The summed E-state index contributed by atoms with van der Waals surface area (Å²) < 4.78 is 0. The van der Waals surface area contributed by atoms with E-state index in [1.165, 1.54) is 64.2 Å². The molecular weight excluding hydrogens is 196 g/mol. The molecule has 0 spiro atoms. The first kappa shape index (κ1) is 16.0. The van der Waals surface area contributed by atoms with Gasteiger partial charge in [-0.3, -0.25) is 0 Å². The summed E-state index contributed by atoms with van der Waals surface area (Å²) in [6.45, 7) is 6.89. The molecule has 0 heterocycles. The molecule has 0 aliphatic rings. The van der Waals surface area contributed by atoms with Gasteiger partial charge in [0.2, 0.25) is 0 Å². The molecule has 0 aromatic carbocycles. The summed E-state index contributed by atoms with van der Waals surface area (Å²) >= 11 is 0. The van der Waals surface area contributed by atoms with Crippen LogP contribution < -0.4 is 0 Å². The Morgan fingerprint density at radius 2 is 1.19 bits per heavy atom. The molecule has 1 N–H and O–H groups in total. The zero-order valence-corrected chi connectivity index (χ0v) is 11.7. The predicted molar refractivity (Wildman–Crippen MR) is 72.7 cm³/mol. The minimum Gasteiger partial charge on any atom is -0.396 e. The van der Waals surface area contributed by atoms with Gasteiger partial charge in [0.1, 0.15) is 0 Å². The first-order chi connectivity index (χ1) is 7.62. The Morgan fingerprint density at radius 3 is 1.62 bits per heavy atom. The highest BCUT2D eigenvalue weighted by Gasteiger charge is 2.14. The third-order valence-corrected chi connectivity index (χ3v) is 3.39. The smallest absolute Gasteiger partial charge is 0.0482 e. The predicted octanol–water partition coefficient (Wildman–Crippen LogP) is 4.93. The van der Waals surface area contributed by atoms with Crippen LogP contribution in [0.1, 0.15) is 85.0 Å².